The van der Waals surface area contributed by atoms with Crippen molar-refractivity contribution in [3.63, 3.8) is 0 Å². The predicted molar refractivity (Wildman–Crippen MR) is 125 cm³/mol. The molecule has 8 nitrogen and oxygen atoms in total. The van der Waals surface area contributed by atoms with Gasteiger partial charge in [0.25, 0.3) is 0 Å². The van der Waals surface area contributed by atoms with Crippen LogP contribution in [0.2, 0.25) is 0 Å². The van der Waals surface area contributed by atoms with Crippen molar-refractivity contribution >= 4 is 17.8 Å². The SMILES string of the molecule is CN=C(NCCN1C(=O)C2C3C=CC(C3)C2C1=O)NCc1cccc(Cn2ccnc2C)c1. The smallest absolute Gasteiger partial charge is 0.233 e. The first-order valence-corrected chi connectivity index (χ1v) is 11.6. The minimum Gasteiger partial charge on any atom is -0.355 e. The summed E-state index contributed by atoms with van der Waals surface area (Å²) in [5, 5.41) is 6.55. The Kier molecular flexibility index (Phi) is 5.74. The topological polar surface area (TPSA) is 91.6 Å². The number of carbonyl (C=O) groups excluding carboxylic acids is 2. The monoisotopic (exact) mass is 446 g/mol. The van der Waals surface area contributed by atoms with Crippen molar-refractivity contribution in [3.05, 3.63) is 65.8 Å². The van der Waals surface area contributed by atoms with Gasteiger partial charge in [-0.2, -0.15) is 0 Å². The maximum absolute atomic E-state index is 12.8. The highest BCUT2D eigenvalue weighted by Gasteiger charge is 2.58. The standard InChI is InChI=1S/C25H30N6O2/c1-16-27-8-10-30(16)15-18-5-3-4-17(12-18)14-29-25(26-2)28-9-11-31-23(32)21-19-6-7-20(13-19)22(21)24(31)33/h3-8,10,12,19-22H,9,11,13-15H2,1-2H3,(H2,26,28,29). The molecule has 2 aromatic rings. The number of nitrogens with one attached hydrogen (secondary N) is 2. The van der Waals surface area contributed by atoms with E-state index in [1.54, 1.807) is 7.05 Å². The van der Waals surface area contributed by atoms with Gasteiger partial charge in [-0.15, -0.1) is 0 Å². The first-order chi connectivity index (χ1) is 16.0. The van der Waals surface area contributed by atoms with E-state index in [2.05, 4.69) is 61.6 Å². The number of benzene rings is 1. The van der Waals surface area contributed by atoms with Crippen molar-refractivity contribution in [2.24, 2.45) is 28.7 Å². The highest BCUT2D eigenvalue weighted by atomic mass is 16.2. The molecule has 2 aliphatic carbocycles. The molecule has 33 heavy (non-hydrogen) atoms. The maximum Gasteiger partial charge on any atom is 0.233 e. The molecular weight excluding hydrogens is 416 g/mol. The van der Waals surface area contributed by atoms with Crippen LogP contribution in [0.4, 0.5) is 0 Å². The third kappa shape index (κ3) is 4.05. The maximum atomic E-state index is 12.8. The van der Waals surface area contributed by atoms with Gasteiger partial charge in [0.15, 0.2) is 5.96 Å². The van der Waals surface area contributed by atoms with Gasteiger partial charge in [-0.25, -0.2) is 4.98 Å². The average molecular weight is 447 g/mol. The van der Waals surface area contributed by atoms with E-state index >= 15 is 0 Å². The van der Waals surface area contributed by atoms with Crippen molar-refractivity contribution in [2.45, 2.75) is 26.4 Å². The summed E-state index contributed by atoms with van der Waals surface area (Å²) in [7, 11) is 1.72. The lowest BCUT2D eigenvalue weighted by Gasteiger charge is -2.18. The Morgan fingerprint density at radius 2 is 1.85 bits per heavy atom. The molecular formula is C25H30N6O2. The molecule has 8 heteroatoms. The average Bonchev–Trinajstić information content (AvgIpc) is 3.58. The van der Waals surface area contributed by atoms with Gasteiger partial charge >= 0.3 is 0 Å². The van der Waals surface area contributed by atoms with E-state index in [0.717, 1.165) is 24.4 Å². The molecule has 2 fully saturated rings. The Hall–Kier alpha value is -3.42. The number of nitrogens with zero attached hydrogens (tertiary/aromatic N) is 4. The molecule has 1 aromatic heterocycles. The molecule has 2 N–H and O–H groups in total. The summed E-state index contributed by atoms with van der Waals surface area (Å²) < 4.78 is 2.11. The molecule has 4 atom stereocenters. The molecule has 2 amide bonds. The van der Waals surface area contributed by atoms with Crippen LogP contribution in [0.25, 0.3) is 0 Å². The van der Waals surface area contributed by atoms with E-state index in [-0.39, 0.29) is 35.5 Å². The Labute approximate surface area is 193 Å². The van der Waals surface area contributed by atoms with Crippen LogP contribution >= 0.6 is 0 Å². The lowest BCUT2D eigenvalue weighted by molar-refractivity contribution is -0.140. The van der Waals surface area contributed by atoms with Gasteiger partial charge in [0, 0.05) is 45.6 Å². The molecule has 2 bridgehead atoms. The van der Waals surface area contributed by atoms with Crippen LogP contribution in [0.3, 0.4) is 0 Å². The molecule has 4 unspecified atom stereocenters. The fraction of sp³-hybridized carbons (Fsp3) is 0.440. The van der Waals surface area contributed by atoms with Crippen LogP contribution in [0, 0.1) is 30.6 Å². The van der Waals surface area contributed by atoms with Gasteiger partial charge in [0.05, 0.1) is 11.8 Å². The third-order valence-corrected chi connectivity index (χ3v) is 7.14. The highest BCUT2D eigenvalue weighted by Crippen LogP contribution is 2.52. The first kappa shape index (κ1) is 21.4. The summed E-state index contributed by atoms with van der Waals surface area (Å²) in [5.41, 5.74) is 2.35. The zero-order valence-electron chi connectivity index (χ0n) is 19.1. The number of aryl methyl sites for hydroxylation is 1. The number of amides is 2. The number of imidazole rings is 1. The molecule has 5 rings (SSSR count). The minimum absolute atomic E-state index is 0.00320. The van der Waals surface area contributed by atoms with Crippen molar-refractivity contribution < 1.29 is 9.59 Å². The quantitative estimate of drug-likeness (QED) is 0.292. The summed E-state index contributed by atoms with van der Waals surface area (Å²) in [4.78, 5) is 35.6. The van der Waals surface area contributed by atoms with E-state index in [9.17, 15) is 9.59 Å². The van der Waals surface area contributed by atoms with Crippen LogP contribution in [0.15, 0.2) is 53.8 Å². The first-order valence-electron chi connectivity index (χ1n) is 11.6. The number of carbonyl (C=O) groups is 2. The number of fused-ring (bicyclic) bond motifs is 5. The molecule has 172 valence electrons. The fourth-order valence-corrected chi connectivity index (χ4v) is 5.48. The van der Waals surface area contributed by atoms with Crippen LogP contribution in [-0.2, 0) is 22.7 Å². The van der Waals surface area contributed by atoms with Crippen molar-refractivity contribution in [1.29, 1.82) is 0 Å². The number of aliphatic imine (C=N–C) groups is 1. The van der Waals surface area contributed by atoms with Gasteiger partial charge in [0.1, 0.15) is 5.82 Å². The van der Waals surface area contributed by atoms with Gasteiger partial charge in [-0.3, -0.25) is 19.5 Å². The van der Waals surface area contributed by atoms with Crippen LogP contribution in [-0.4, -0.2) is 52.4 Å². The molecule has 1 aliphatic heterocycles. The third-order valence-electron chi connectivity index (χ3n) is 7.14. The number of guanidine groups is 1. The van der Waals surface area contributed by atoms with Gasteiger partial charge < -0.3 is 15.2 Å². The molecule has 1 saturated heterocycles. The summed E-state index contributed by atoms with van der Waals surface area (Å²) in [6, 6.07) is 8.41. The number of allylic oxidation sites excluding steroid dienone is 2. The second-order valence-electron chi connectivity index (χ2n) is 9.10. The second kappa shape index (κ2) is 8.84. The molecule has 3 aliphatic rings. The Morgan fingerprint density at radius 3 is 2.52 bits per heavy atom. The van der Waals surface area contributed by atoms with Crippen molar-refractivity contribution in [2.75, 3.05) is 20.1 Å². The van der Waals surface area contributed by atoms with Gasteiger partial charge in [0.2, 0.25) is 11.8 Å². The summed E-state index contributed by atoms with van der Waals surface area (Å²) >= 11 is 0. The molecule has 1 saturated carbocycles. The van der Waals surface area contributed by atoms with Crippen LogP contribution in [0.1, 0.15) is 23.4 Å². The lowest BCUT2D eigenvalue weighted by Crippen LogP contribution is -2.43. The minimum atomic E-state index is -0.136. The molecule has 1 aromatic carbocycles. The normalized spacial score (nSPS) is 25.8. The number of hydrogen-bond donors (Lipinski definition) is 2. The summed E-state index contributed by atoms with van der Waals surface area (Å²) in [6.45, 7) is 4.24. The fourth-order valence-electron chi connectivity index (χ4n) is 5.48. The van der Waals surface area contributed by atoms with E-state index in [0.29, 0.717) is 25.6 Å². The lowest BCUT2D eigenvalue weighted by atomic mass is 9.85. The largest absolute Gasteiger partial charge is 0.355 e. The molecule has 2 heterocycles. The summed E-state index contributed by atoms with van der Waals surface area (Å²) in [5.74, 6) is 1.85. The number of likely N-dealkylation sites (tertiary alicyclic amines) is 1. The molecule has 0 spiro atoms. The Balaban J connectivity index is 1.11. The van der Waals surface area contributed by atoms with Crippen molar-refractivity contribution in [3.8, 4) is 0 Å². The number of aromatic nitrogens is 2. The number of rotatable bonds is 7. The van der Waals surface area contributed by atoms with Gasteiger partial charge in [-0.05, 0) is 36.3 Å². The van der Waals surface area contributed by atoms with E-state index < -0.39 is 0 Å². The number of hydrogen-bond acceptors (Lipinski definition) is 4. The van der Waals surface area contributed by atoms with E-state index in [1.807, 2.05) is 19.3 Å². The Morgan fingerprint density at radius 1 is 1.12 bits per heavy atom. The highest BCUT2D eigenvalue weighted by molar-refractivity contribution is 6.06. The van der Waals surface area contributed by atoms with Crippen LogP contribution < -0.4 is 10.6 Å². The van der Waals surface area contributed by atoms with Crippen molar-refractivity contribution in [1.82, 2.24) is 25.1 Å². The molecule has 0 radical (unpaired) electrons. The zero-order chi connectivity index (χ0) is 22.9. The Bertz CT molecular complexity index is 1090. The van der Waals surface area contributed by atoms with E-state index in [4.69, 9.17) is 0 Å². The zero-order valence-corrected chi connectivity index (χ0v) is 19.1. The van der Waals surface area contributed by atoms with Crippen LogP contribution in [0.5, 0.6) is 0 Å². The second-order valence-corrected chi connectivity index (χ2v) is 9.10. The van der Waals surface area contributed by atoms with E-state index in [1.165, 1.54) is 10.5 Å². The summed E-state index contributed by atoms with van der Waals surface area (Å²) in [6.07, 6.45) is 8.99. The predicted octanol–water partition coefficient (Wildman–Crippen LogP) is 1.71. The van der Waals surface area contributed by atoms with Gasteiger partial charge in [-0.1, -0.05) is 36.4 Å². The number of imide groups is 1.